The zero-order chi connectivity index (χ0) is 22.5. The van der Waals surface area contributed by atoms with Crippen LogP contribution in [0.3, 0.4) is 0 Å². The molecule has 1 fully saturated rings. The lowest BCUT2D eigenvalue weighted by molar-refractivity contribution is -0.192. The van der Waals surface area contributed by atoms with Crippen LogP contribution >= 0.6 is 0 Å². The first-order valence-corrected chi connectivity index (χ1v) is 9.11. The van der Waals surface area contributed by atoms with Gasteiger partial charge in [0.15, 0.2) is 0 Å². The maximum atomic E-state index is 14.7. The molecule has 1 saturated carbocycles. The molecule has 0 saturated heterocycles. The molecule has 0 atom stereocenters. The van der Waals surface area contributed by atoms with E-state index in [0.717, 1.165) is 11.3 Å². The number of nitrogens with one attached hydrogen (secondary N) is 2. The molecule has 29 heavy (non-hydrogen) atoms. The number of H-pyrrole nitrogens is 1. The fourth-order valence-corrected chi connectivity index (χ4v) is 3.07. The molecule has 1 heterocycles. The highest BCUT2D eigenvalue weighted by Gasteiger charge is 2.38. The van der Waals surface area contributed by atoms with Gasteiger partial charge >= 0.3 is 18.1 Å². The molecule has 1 aromatic heterocycles. The number of aromatic amines is 1. The Hall–Kier alpha value is -2.17. The van der Waals surface area contributed by atoms with Gasteiger partial charge in [0, 0.05) is 29.8 Å². The van der Waals surface area contributed by atoms with E-state index in [2.05, 4.69) is 36.3 Å². The number of aliphatic carboxylic acids is 2. The molecule has 0 bridgehead atoms. The van der Waals surface area contributed by atoms with E-state index in [-0.39, 0.29) is 17.9 Å². The van der Waals surface area contributed by atoms with Crippen LogP contribution in [-0.4, -0.2) is 50.7 Å². The number of aromatic nitrogens is 2. The van der Waals surface area contributed by atoms with Crippen molar-refractivity contribution in [2.75, 3.05) is 6.54 Å². The number of hydrogen-bond acceptors (Lipinski definition) is 4. The number of alkyl halides is 4. The summed E-state index contributed by atoms with van der Waals surface area (Å²) in [4.78, 5) is 19.8. The van der Waals surface area contributed by atoms with Crippen LogP contribution < -0.4 is 5.32 Å². The second-order valence-corrected chi connectivity index (χ2v) is 8.19. The molecule has 11 heteroatoms. The lowest BCUT2D eigenvalue weighted by atomic mass is 9.80. The number of halogens is 4. The van der Waals surface area contributed by atoms with E-state index in [0.29, 0.717) is 32.2 Å². The molecule has 0 aromatic carbocycles. The highest BCUT2D eigenvalue weighted by molar-refractivity contribution is 5.73. The lowest BCUT2D eigenvalue weighted by Gasteiger charge is -2.32. The molecule has 0 aliphatic heterocycles. The molecule has 1 aliphatic rings. The Kier molecular flexibility index (Phi) is 8.19. The van der Waals surface area contributed by atoms with Gasteiger partial charge in [0.25, 0.3) is 0 Å². The Morgan fingerprint density at radius 1 is 1.24 bits per heavy atom. The number of hydrogen-bond donors (Lipinski definition) is 4. The van der Waals surface area contributed by atoms with Crippen LogP contribution in [0.2, 0.25) is 0 Å². The lowest BCUT2D eigenvalue weighted by Crippen LogP contribution is -2.41. The summed E-state index contributed by atoms with van der Waals surface area (Å²) in [5, 5.41) is 26.4. The quantitative estimate of drug-likeness (QED) is 0.538. The van der Waals surface area contributed by atoms with Crippen molar-refractivity contribution in [1.82, 2.24) is 15.5 Å². The third kappa shape index (κ3) is 8.00. The van der Waals surface area contributed by atoms with Crippen LogP contribution in [0.25, 0.3) is 0 Å². The van der Waals surface area contributed by atoms with Crippen molar-refractivity contribution in [3.05, 3.63) is 17.5 Å². The van der Waals surface area contributed by atoms with Gasteiger partial charge in [0.1, 0.15) is 5.67 Å². The summed E-state index contributed by atoms with van der Waals surface area (Å²) < 4.78 is 46.4. The molecular weight excluding hydrogens is 398 g/mol. The first-order valence-electron chi connectivity index (χ1n) is 9.11. The van der Waals surface area contributed by atoms with Crippen molar-refractivity contribution in [2.24, 2.45) is 5.92 Å². The molecule has 0 amide bonds. The van der Waals surface area contributed by atoms with E-state index in [1.54, 1.807) is 6.20 Å². The summed E-state index contributed by atoms with van der Waals surface area (Å²) in [6, 6.07) is 0. The van der Waals surface area contributed by atoms with Gasteiger partial charge in [-0.25, -0.2) is 9.18 Å². The molecule has 0 radical (unpaired) electrons. The maximum Gasteiger partial charge on any atom is 0.490 e. The Bertz CT molecular complexity index is 690. The van der Waals surface area contributed by atoms with Crippen LogP contribution in [0.5, 0.6) is 0 Å². The minimum absolute atomic E-state index is 0.0273. The Balaban J connectivity index is 0.000000516. The molecule has 0 unspecified atom stereocenters. The summed E-state index contributed by atoms with van der Waals surface area (Å²) in [5.41, 5.74) is 0.788. The van der Waals surface area contributed by atoms with Crippen molar-refractivity contribution >= 4 is 11.9 Å². The minimum Gasteiger partial charge on any atom is -0.481 e. The molecule has 166 valence electrons. The zero-order valence-corrected chi connectivity index (χ0v) is 16.6. The van der Waals surface area contributed by atoms with Crippen molar-refractivity contribution in [3.8, 4) is 0 Å². The van der Waals surface area contributed by atoms with Gasteiger partial charge < -0.3 is 15.5 Å². The third-order valence-electron chi connectivity index (χ3n) is 4.70. The minimum atomic E-state index is -5.08. The Morgan fingerprint density at radius 2 is 1.76 bits per heavy atom. The van der Waals surface area contributed by atoms with Gasteiger partial charge in [-0.3, -0.25) is 9.89 Å². The van der Waals surface area contributed by atoms with E-state index < -0.39 is 23.8 Å². The summed E-state index contributed by atoms with van der Waals surface area (Å²) in [6.45, 7) is 7.14. The third-order valence-corrected chi connectivity index (χ3v) is 4.70. The van der Waals surface area contributed by atoms with Gasteiger partial charge in [-0.15, -0.1) is 0 Å². The van der Waals surface area contributed by atoms with E-state index in [1.165, 1.54) is 0 Å². The second kappa shape index (κ2) is 9.55. The fraction of sp³-hybridized carbons (Fsp3) is 0.722. The van der Waals surface area contributed by atoms with E-state index in [4.69, 9.17) is 15.0 Å². The van der Waals surface area contributed by atoms with Gasteiger partial charge in [0.2, 0.25) is 0 Å². The topological polar surface area (TPSA) is 115 Å². The summed E-state index contributed by atoms with van der Waals surface area (Å²) >= 11 is 0. The molecule has 7 nitrogen and oxygen atoms in total. The van der Waals surface area contributed by atoms with Crippen LogP contribution in [-0.2, 0) is 21.5 Å². The van der Waals surface area contributed by atoms with Gasteiger partial charge in [-0.05, 0) is 25.7 Å². The molecule has 0 spiro atoms. The number of carboxylic acids is 2. The first-order chi connectivity index (χ1) is 13.2. The zero-order valence-electron chi connectivity index (χ0n) is 16.6. The second-order valence-electron chi connectivity index (χ2n) is 8.19. The molecule has 1 aromatic rings. The summed E-state index contributed by atoms with van der Waals surface area (Å²) in [7, 11) is 0. The number of carboxylic acid groups (broad SMARTS) is 2. The Morgan fingerprint density at radius 3 is 2.17 bits per heavy atom. The largest absolute Gasteiger partial charge is 0.490 e. The van der Waals surface area contributed by atoms with Crippen LogP contribution in [0.15, 0.2) is 6.20 Å². The standard InChI is InChI=1S/C16H26FN3O2.C2HF3O2/c1-15(2,3)13-12(9-19-20-13)8-18-10-16(17)6-4-11(5-7-16)14(21)22;3-2(4,5)1(6)7/h9,11,18H,4-8,10H2,1-3H3,(H,19,20)(H,21,22);(H,6,7). The smallest absolute Gasteiger partial charge is 0.481 e. The van der Waals surface area contributed by atoms with Crippen LogP contribution in [0, 0.1) is 5.92 Å². The predicted molar refractivity (Wildman–Crippen MR) is 96.1 cm³/mol. The summed E-state index contributed by atoms with van der Waals surface area (Å²) in [6.07, 6.45) is -1.83. The van der Waals surface area contributed by atoms with E-state index in [9.17, 15) is 22.4 Å². The van der Waals surface area contributed by atoms with Crippen LogP contribution in [0.4, 0.5) is 17.6 Å². The van der Waals surface area contributed by atoms with Crippen molar-refractivity contribution in [3.63, 3.8) is 0 Å². The summed E-state index contributed by atoms with van der Waals surface area (Å²) in [5.74, 6) is -3.94. The molecule has 1 aliphatic carbocycles. The highest BCUT2D eigenvalue weighted by Crippen LogP contribution is 2.35. The highest BCUT2D eigenvalue weighted by atomic mass is 19.4. The monoisotopic (exact) mass is 425 g/mol. The molecule has 4 N–H and O–H groups in total. The fourth-order valence-electron chi connectivity index (χ4n) is 3.07. The van der Waals surface area contributed by atoms with Crippen molar-refractivity contribution in [2.45, 2.75) is 70.3 Å². The average molecular weight is 425 g/mol. The first kappa shape index (κ1) is 24.9. The Labute approximate surface area is 165 Å². The van der Waals surface area contributed by atoms with E-state index >= 15 is 0 Å². The van der Waals surface area contributed by atoms with Crippen molar-refractivity contribution < 1.29 is 37.4 Å². The number of nitrogens with zero attached hydrogens (tertiary/aromatic N) is 1. The van der Waals surface area contributed by atoms with Gasteiger partial charge in [0.05, 0.1) is 12.1 Å². The number of rotatable bonds is 5. The van der Waals surface area contributed by atoms with E-state index in [1.807, 2.05) is 0 Å². The van der Waals surface area contributed by atoms with Crippen molar-refractivity contribution in [1.29, 1.82) is 0 Å². The SMILES string of the molecule is CC(C)(C)c1[nH]ncc1CNCC1(F)CCC(C(=O)O)CC1.O=C(O)C(F)(F)F. The number of carbonyl (C=O) groups is 2. The predicted octanol–water partition coefficient (Wildman–Crippen LogP) is 3.41. The maximum absolute atomic E-state index is 14.7. The normalized spacial score (nSPS) is 22.5. The molecular formula is C18H27F4N3O4. The van der Waals surface area contributed by atoms with Gasteiger partial charge in [-0.1, -0.05) is 20.8 Å². The van der Waals surface area contributed by atoms with Crippen LogP contribution in [0.1, 0.15) is 57.7 Å². The molecule has 2 rings (SSSR count). The average Bonchev–Trinajstić information content (AvgIpc) is 3.03. The van der Waals surface area contributed by atoms with Gasteiger partial charge in [-0.2, -0.15) is 18.3 Å².